The molecule has 0 amide bonds. The molecule has 8 heteroatoms. The number of hydrogen-bond donors (Lipinski definition) is 1. The van der Waals surface area contributed by atoms with Gasteiger partial charge in [-0.15, -0.1) is 0 Å². The second kappa shape index (κ2) is 11.6. The Bertz CT molecular complexity index is 1290. The van der Waals surface area contributed by atoms with Crippen molar-refractivity contribution in [2.45, 2.75) is 115 Å². The number of fused-ring (bicyclic) bond motifs is 5. The minimum absolute atomic E-state index is 0.0848. The molecule has 0 radical (unpaired) electrons. The van der Waals surface area contributed by atoms with Crippen LogP contribution >= 0.6 is 0 Å². The maximum atomic E-state index is 14.1. The Balaban J connectivity index is 1.32. The van der Waals surface area contributed by atoms with Crippen molar-refractivity contribution in [3.05, 3.63) is 40.3 Å². The Morgan fingerprint density at radius 3 is 2.33 bits per heavy atom. The number of para-hydroxylation sites is 2. The van der Waals surface area contributed by atoms with Gasteiger partial charge in [0.25, 0.3) is 5.56 Å². The van der Waals surface area contributed by atoms with E-state index in [1.165, 1.54) is 64.9 Å². The van der Waals surface area contributed by atoms with Gasteiger partial charge in [-0.05, 0) is 87.7 Å². The van der Waals surface area contributed by atoms with Crippen LogP contribution in [0.15, 0.2) is 34.2 Å². The van der Waals surface area contributed by atoms with E-state index in [4.69, 9.17) is 4.84 Å². The van der Waals surface area contributed by atoms with Gasteiger partial charge in [0.1, 0.15) is 12.8 Å². The molecule has 4 bridgehead atoms. The number of carboxylic acids is 1. The lowest BCUT2D eigenvalue weighted by atomic mass is 9.64. The lowest BCUT2D eigenvalue weighted by Crippen LogP contribution is -2.59. The first-order valence-corrected chi connectivity index (χ1v) is 15.6. The largest absolute Gasteiger partial charge is 0.481 e. The van der Waals surface area contributed by atoms with Crippen molar-refractivity contribution in [2.75, 3.05) is 7.11 Å². The molecule has 2 aromatic rings. The van der Waals surface area contributed by atoms with Gasteiger partial charge in [0.2, 0.25) is 0 Å². The molecule has 1 aromatic heterocycles. The van der Waals surface area contributed by atoms with E-state index in [0.717, 1.165) is 41.6 Å². The molecule has 3 heterocycles. The number of hydrogen-bond acceptors (Lipinski definition) is 6. The van der Waals surface area contributed by atoms with Crippen LogP contribution in [0.3, 0.4) is 0 Å². The van der Waals surface area contributed by atoms with Crippen LogP contribution in [0.1, 0.15) is 102 Å². The molecule has 1 unspecified atom stereocenters. The zero-order chi connectivity index (χ0) is 27.8. The van der Waals surface area contributed by atoms with Crippen LogP contribution in [0.5, 0.6) is 0 Å². The van der Waals surface area contributed by atoms with Crippen molar-refractivity contribution < 1.29 is 14.7 Å². The summed E-state index contributed by atoms with van der Waals surface area (Å²) in [6.07, 6.45) is 13.9. The molecule has 2 aliphatic carbocycles. The normalized spacial score (nSPS) is 32.6. The van der Waals surface area contributed by atoms with Gasteiger partial charge >= 0.3 is 5.97 Å². The third-order valence-electron chi connectivity index (χ3n) is 10.4. The third kappa shape index (κ3) is 5.31. The highest BCUT2D eigenvalue weighted by atomic mass is 16.6. The van der Waals surface area contributed by atoms with Gasteiger partial charge < -0.3 is 14.5 Å². The first kappa shape index (κ1) is 27.4. The highest BCUT2D eigenvalue weighted by Gasteiger charge is 2.46. The number of rotatable bonds is 8. The van der Waals surface area contributed by atoms with Crippen LogP contribution in [-0.4, -0.2) is 56.5 Å². The summed E-state index contributed by atoms with van der Waals surface area (Å²) in [5.74, 6) is 1.76. The first-order chi connectivity index (χ1) is 19.4. The molecule has 2 saturated carbocycles. The number of aliphatic carboxylic acids is 1. The smallest absolute Gasteiger partial charge is 0.303 e. The van der Waals surface area contributed by atoms with E-state index >= 15 is 0 Å². The average molecular weight is 549 g/mol. The van der Waals surface area contributed by atoms with Crippen LogP contribution in [0.4, 0.5) is 0 Å². The molecular weight excluding hydrogens is 504 g/mol. The van der Waals surface area contributed by atoms with Crippen molar-refractivity contribution >= 4 is 22.7 Å². The fourth-order valence-electron chi connectivity index (χ4n) is 8.97. The number of aromatic nitrogens is 2. The second-order valence-corrected chi connectivity index (χ2v) is 12.9. The number of benzene rings is 1. The van der Waals surface area contributed by atoms with Crippen molar-refractivity contribution in [1.29, 1.82) is 0 Å². The van der Waals surface area contributed by atoms with Crippen molar-refractivity contribution in [3.8, 4) is 0 Å². The summed E-state index contributed by atoms with van der Waals surface area (Å²) in [6, 6.07) is 9.60. The van der Waals surface area contributed by atoms with E-state index in [1.807, 2.05) is 28.8 Å². The Morgan fingerprint density at radius 2 is 1.68 bits per heavy atom. The fourth-order valence-corrected chi connectivity index (χ4v) is 8.97. The number of nitrogens with zero attached hydrogens (tertiary/aromatic N) is 4. The minimum Gasteiger partial charge on any atom is -0.481 e. The standard InChI is InChI=1S/C32H44N4O4/c1-3-20-13-21-15-22(14-20)17-25(16-21)35-23-7-6-8-24(35)19-26(18-23)36-29-10-5-4-9-27(29)33-31(32(36)39)28(34-40-2)11-12-30(37)38/h4-5,9-10,20-26H,3,6-8,11-19H2,1-2H3,(H,37,38)/b34-28+/t20-,21-,22+,23-,24+,25?,26+. The quantitative estimate of drug-likeness (QED) is 0.332. The van der Waals surface area contributed by atoms with E-state index in [-0.39, 0.29) is 30.1 Å². The van der Waals surface area contributed by atoms with E-state index < -0.39 is 5.97 Å². The van der Waals surface area contributed by atoms with Gasteiger partial charge in [0, 0.05) is 30.6 Å². The molecule has 8 nitrogen and oxygen atoms in total. The minimum atomic E-state index is -0.942. The molecule has 2 saturated heterocycles. The summed E-state index contributed by atoms with van der Waals surface area (Å²) >= 11 is 0. The zero-order valence-corrected chi connectivity index (χ0v) is 24.0. The predicted molar refractivity (Wildman–Crippen MR) is 156 cm³/mol. The van der Waals surface area contributed by atoms with E-state index in [9.17, 15) is 14.7 Å². The average Bonchev–Trinajstić information content (AvgIpc) is 2.93. The van der Waals surface area contributed by atoms with Gasteiger partial charge in [-0.1, -0.05) is 37.1 Å². The summed E-state index contributed by atoms with van der Waals surface area (Å²) in [5, 5.41) is 13.3. The maximum absolute atomic E-state index is 14.1. The molecule has 7 atom stereocenters. The molecule has 216 valence electrons. The summed E-state index contributed by atoms with van der Waals surface area (Å²) in [7, 11) is 1.42. The van der Waals surface area contributed by atoms with E-state index in [2.05, 4.69) is 22.0 Å². The van der Waals surface area contributed by atoms with Crippen LogP contribution in [0.25, 0.3) is 11.0 Å². The predicted octanol–water partition coefficient (Wildman–Crippen LogP) is 5.77. The van der Waals surface area contributed by atoms with Crippen LogP contribution in [0.2, 0.25) is 0 Å². The Morgan fingerprint density at radius 1 is 0.975 bits per heavy atom. The lowest BCUT2D eigenvalue weighted by Gasteiger charge is -2.56. The number of piperidine rings is 2. The maximum Gasteiger partial charge on any atom is 0.303 e. The highest BCUT2D eigenvalue weighted by molar-refractivity contribution is 6.00. The van der Waals surface area contributed by atoms with Gasteiger partial charge in [0.05, 0.1) is 17.5 Å². The Kier molecular flexibility index (Phi) is 7.98. The first-order valence-electron chi connectivity index (χ1n) is 15.6. The number of carbonyl (C=O) groups is 1. The van der Waals surface area contributed by atoms with Crippen molar-refractivity contribution in [2.24, 2.45) is 22.9 Å². The summed E-state index contributed by atoms with van der Waals surface area (Å²) in [4.78, 5) is 38.1. The van der Waals surface area contributed by atoms with Gasteiger partial charge in [-0.25, -0.2) is 4.98 Å². The number of carboxylic acid groups (broad SMARTS) is 1. The van der Waals surface area contributed by atoms with Crippen molar-refractivity contribution in [3.63, 3.8) is 0 Å². The van der Waals surface area contributed by atoms with Crippen molar-refractivity contribution in [1.82, 2.24) is 14.5 Å². The fraction of sp³-hybridized carbons (Fsp3) is 0.688. The molecule has 40 heavy (non-hydrogen) atoms. The molecule has 2 aliphatic heterocycles. The SMILES string of the molecule is CC[C@@H]1C[C@H]2CC(N3[C@@H]4CCC[C@H]3C[C@@H](n3c(=O)c(/C(CCC(=O)O)=N/OC)nc5ccccc53)C4)C[C@@H](C1)C2. The van der Waals surface area contributed by atoms with Crippen LogP contribution in [0, 0.1) is 17.8 Å². The summed E-state index contributed by atoms with van der Waals surface area (Å²) in [6.45, 7) is 2.37. The molecule has 4 fully saturated rings. The molecular formula is C32H44N4O4. The summed E-state index contributed by atoms with van der Waals surface area (Å²) in [5.41, 5.74) is 1.90. The summed E-state index contributed by atoms with van der Waals surface area (Å²) < 4.78 is 1.97. The Labute approximate surface area is 236 Å². The lowest BCUT2D eigenvalue weighted by molar-refractivity contribution is -0.136. The highest BCUT2D eigenvalue weighted by Crippen LogP contribution is 2.49. The zero-order valence-electron chi connectivity index (χ0n) is 24.0. The number of oxime groups is 1. The molecule has 4 aliphatic rings. The topological polar surface area (TPSA) is 97.0 Å². The second-order valence-electron chi connectivity index (χ2n) is 12.9. The van der Waals surface area contributed by atoms with E-state index in [1.54, 1.807) is 0 Å². The van der Waals surface area contributed by atoms with Gasteiger partial charge in [-0.2, -0.15) is 0 Å². The third-order valence-corrected chi connectivity index (χ3v) is 10.4. The van der Waals surface area contributed by atoms with Crippen LogP contribution < -0.4 is 5.56 Å². The molecule has 0 spiro atoms. The van der Waals surface area contributed by atoms with Gasteiger partial charge in [-0.3, -0.25) is 14.5 Å². The molecule has 1 N–H and O–H groups in total. The molecule has 1 aromatic carbocycles. The Hall–Kier alpha value is -2.74. The van der Waals surface area contributed by atoms with E-state index in [0.29, 0.717) is 23.8 Å². The van der Waals surface area contributed by atoms with Crippen LogP contribution in [-0.2, 0) is 9.63 Å². The molecule has 6 rings (SSSR count). The monoisotopic (exact) mass is 548 g/mol. The van der Waals surface area contributed by atoms with Gasteiger partial charge in [0.15, 0.2) is 5.69 Å².